The number of benzene rings is 2. The van der Waals surface area contributed by atoms with Crippen LogP contribution in [0.1, 0.15) is 40.0 Å². The van der Waals surface area contributed by atoms with Gasteiger partial charge in [0.25, 0.3) is 11.5 Å². The Kier molecular flexibility index (Phi) is 7.40. The number of alkyl halides is 3. The highest BCUT2D eigenvalue weighted by Crippen LogP contribution is 2.35. The van der Waals surface area contributed by atoms with Gasteiger partial charge in [0.2, 0.25) is 0 Å². The molecule has 4 aromatic rings. The highest BCUT2D eigenvalue weighted by Gasteiger charge is 2.29. The Hall–Kier alpha value is -3.44. The third kappa shape index (κ3) is 5.53. The maximum absolute atomic E-state index is 13.7. The number of aromatic nitrogens is 2. The van der Waals surface area contributed by atoms with Crippen molar-refractivity contribution in [3.63, 3.8) is 0 Å². The summed E-state index contributed by atoms with van der Waals surface area (Å²) in [6, 6.07) is 12.0. The van der Waals surface area contributed by atoms with Crippen LogP contribution in [0.2, 0.25) is 0 Å². The van der Waals surface area contributed by atoms with Crippen molar-refractivity contribution in [2.75, 3.05) is 5.75 Å². The minimum atomic E-state index is -4.42. The van der Waals surface area contributed by atoms with E-state index < -0.39 is 17.6 Å². The van der Waals surface area contributed by atoms with Crippen molar-refractivity contribution in [1.82, 2.24) is 15.0 Å². The first-order chi connectivity index (χ1) is 18.2. The predicted octanol–water partition coefficient (Wildman–Crippen LogP) is 5.90. The summed E-state index contributed by atoms with van der Waals surface area (Å²) in [6.07, 6.45) is 0.812. The third-order valence-corrected chi connectivity index (χ3v) is 8.35. The summed E-state index contributed by atoms with van der Waals surface area (Å²) in [5.41, 5.74) is 4.73. The number of halogens is 3. The molecule has 2 aromatic carbocycles. The van der Waals surface area contributed by atoms with Crippen LogP contribution < -0.4 is 11.0 Å². The van der Waals surface area contributed by atoms with Crippen LogP contribution >= 0.6 is 23.1 Å². The fourth-order valence-corrected chi connectivity index (χ4v) is 6.41. The molecule has 0 saturated heterocycles. The number of carbonyl (C=O) groups excluding carboxylic acids is 1. The van der Waals surface area contributed by atoms with Crippen LogP contribution in [-0.4, -0.2) is 27.4 Å². The number of nitrogens with one attached hydrogen (secondary N) is 1. The zero-order valence-corrected chi connectivity index (χ0v) is 22.0. The van der Waals surface area contributed by atoms with Gasteiger partial charge in [-0.15, -0.1) is 11.3 Å². The maximum atomic E-state index is 13.7. The van der Waals surface area contributed by atoms with Crippen molar-refractivity contribution in [1.29, 1.82) is 0 Å². The number of nitrogens with zero attached hydrogens (tertiary/aromatic N) is 3. The Balaban J connectivity index is 1.36. The SMILES string of the molecule is Cc1ccc(-n2c(SCC(=O)N/N=C/c3ccc(C(F)(F)F)cc3)nc3sc4c(c3c2=O)CCCC4)cc1. The summed E-state index contributed by atoms with van der Waals surface area (Å²) in [4.78, 5) is 32.9. The van der Waals surface area contributed by atoms with E-state index in [0.717, 1.165) is 60.7 Å². The molecule has 2 aromatic heterocycles. The number of rotatable bonds is 6. The van der Waals surface area contributed by atoms with Crippen molar-refractivity contribution < 1.29 is 18.0 Å². The van der Waals surface area contributed by atoms with Crippen molar-refractivity contribution >= 4 is 45.4 Å². The topological polar surface area (TPSA) is 76.3 Å². The van der Waals surface area contributed by atoms with Crippen molar-refractivity contribution in [2.45, 2.75) is 43.9 Å². The quantitative estimate of drug-likeness (QED) is 0.139. The predicted molar refractivity (Wildman–Crippen MR) is 145 cm³/mol. The Morgan fingerprint density at radius 3 is 2.55 bits per heavy atom. The fraction of sp³-hybridized carbons (Fsp3) is 0.259. The van der Waals surface area contributed by atoms with Gasteiger partial charge in [0.05, 0.1) is 28.6 Å². The number of carbonyl (C=O) groups is 1. The van der Waals surface area contributed by atoms with E-state index in [1.807, 2.05) is 31.2 Å². The van der Waals surface area contributed by atoms with Gasteiger partial charge in [-0.05, 0) is 68.0 Å². The summed E-state index contributed by atoms with van der Waals surface area (Å²) in [5.74, 6) is -0.493. The molecular formula is C27H23F3N4O2S2. The van der Waals surface area contributed by atoms with Gasteiger partial charge in [-0.3, -0.25) is 14.2 Å². The Morgan fingerprint density at radius 2 is 1.84 bits per heavy atom. The second kappa shape index (κ2) is 10.7. The molecular weight excluding hydrogens is 533 g/mol. The van der Waals surface area contributed by atoms with Crippen LogP contribution in [0.3, 0.4) is 0 Å². The Bertz CT molecular complexity index is 1570. The van der Waals surface area contributed by atoms with E-state index in [1.165, 1.54) is 23.2 Å². The summed E-state index contributed by atoms with van der Waals surface area (Å²) >= 11 is 2.68. The van der Waals surface area contributed by atoms with Crippen LogP contribution in [0.15, 0.2) is 63.6 Å². The second-order valence-electron chi connectivity index (χ2n) is 8.96. The van der Waals surface area contributed by atoms with Gasteiger partial charge < -0.3 is 0 Å². The van der Waals surface area contributed by atoms with Crippen molar-refractivity contribution in [3.05, 3.63) is 86.0 Å². The highest BCUT2D eigenvalue weighted by atomic mass is 32.2. The first-order valence-electron chi connectivity index (χ1n) is 12.0. The van der Waals surface area contributed by atoms with E-state index in [4.69, 9.17) is 4.98 Å². The molecule has 0 fully saturated rings. The second-order valence-corrected chi connectivity index (χ2v) is 11.0. The average Bonchev–Trinajstić information content (AvgIpc) is 3.27. The molecule has 11 heteroatoms. The zero-order valence-electron chi connectivity index (χ0n) is 20.3. The molecule has 0 aliphatic heterocycles. The first-order valence-corrected chi connectivity index (χ1v) is 13.8. The number of fused-ring (bicyclic) bond motifs is 3. The maximum Gasteiger partial charge on any atom is 0.416 e. The molecule has 38 heavy (non-hydrogen) atoms. The number of aryl methyl sites for hydroxylation is 3. The lowest BCUT2D eigenvalue weighted by molar-refractivity contribution is -0.137. The molecule has 1 aliphatic carbocycles. The Labute approximate surface area is 224 Å². The van der Waals surface area contributed by atoms with Gasteiger partial charge in [0.15, 0.2) is 5.16 Å². The number of thioether (sulfide) groups is 1. The Morgan fingerprint density at radius 1 is 1.13 bits per heavy atom. The molecule has 0 spiro atoms. The molecule has 0 saturated carbocycles. The molecule has 6 nitrogen and oxygen atoms in total. The lowest BCUT2D eigenvalue weighted by Crippen LogP contribution is -2.24. The molecule has 0 unspecified atom stereocenters. The molecule has 196 valence electrons. The molecule has 1 N–H and O–H groups in total. The van der Waals surface area contributed by atoms with Gasteiger partial charge in [-0.1, -0.05) is 41.6 Å². The lowest BCUT2D eigenvalue weighted by atomic mass is 9.97. The first kappa shape index (κ1) is 26.2. The number of amides is 1. The fourth-order valence-electron chi connectivity index (χ4n) is 4.30. The van der Waals surface area contributed by atoms with E-state index in [2.05, 4.69) is 10.5 Å². The molecule has 5 rings (SSSR count). The van der Waals surface area contributed by atoms with Crippen molar-refractivity contribution in [3.8, 4) is 5.69 Å². The standard InChI is InChI=1S/C27H23F3N4O2S2/c1-16-6-12-19(13-7-16)34-25(36)23-20-4-2-3-5-21(20)38-24(23)32-26(34)37-15-22(35)33-31-14-17-8-10-18(11-9-17)27(28,29)30/h6-14H,2-5,15H2,1H3,(H,33,35)/b31-14+. The van der Waals surface area contributed by atoms with Crippen LogP contribution in [0.5, 0.6) is 0 Å². The van der Waals surface area contributed by atoms with Gasteiger partial charge in [0, 0.05) is 4.88 Å². The van der Waals surface area contributed by atoms with Crippen LogP contribution in [0.25, 0.3) is 15.9 Å². The minimum Gasteiger partial charge on any atom is -0.272 e. The normalized spacial score (nSPS) is 13.7. The van der Waals surface area contributed by atoms with Crippen LogP contribution in [0, 0.1) is 6.92 Å². The van der Waals surface area contributed by atoms with E-state index in [0.29, 0.717) is 26.6 Å². The number of hydrogen-bond donors (Lipinski definition) is 1. The van der Waals surface area contributed by atoms with Crippen LogP contribution in [-0.2, 0) is 23.8 Å². The monoisotopic (exact) mass is 556 g/mol. The smallest absolute Gasteiger partial charge is 0.272 e. The number of thiophene rings is 1. The van der Waals surface area contributed by atoms with Gasteiger partial charge in [0.1, 0.15) is 4.83 Å². The average molecular weight is 557 g/mol. The summed E-state index contributed by atoms with van der Waals surface area (Å²) in [7, 11) is 0. The van der Waals surface area contributed by atoms with Crippen molar-refractivity contribution in [2.24, 2.45) is 5.10 Å². The van der Waals surface area contributed by atoms with Gasteiger partial charge in [-0.25, -0.2) is 10.4 Å². The van der Waals surface area contributed by atoms with E-state index in [1.54, 1.807) is 15.9 Å². The molecule has 0 bridgehead atoms. The number of hydrogen-bond acceptors (Lipinski definition) is 6. The highest BCUT2D eigenvalue weighted by molar-refractivity contribution is 7.99. The summed E-state index contributed by atoms with van der Waals surface area (Å²) in [5, 5.41) is 4.92. The largest absolute Gasteiger partial charge is 0.416 e. The van der Waals surface area contributed by atoms with Gasteiger partial charge >= 0.3 is 6.18 Å². The zero-order chi connectivity index (χ0) is 26.9. The van der Waals surface area contributed by atoms with E-state index in [9.17, 15) is 22.8 Å². The summed E-state index contributed by atoms with van der Waals surface area (Å²) < 4.78 is 39.7. The third-order valence-electron chi connectivity index (χ3n) is 6.22. The number of hydrazone groups is 1. The molecule has 0 radical (unpaired) electrons. The molecule has 1 amide bonds. The molecule has 1 aliphatic rings. The van der Waals surface area contributed by atoms with E-state index in [-0.39, 0.29) is 11.3 Å². The minimum absolute atomic E-state index is 0.0563. The van der Waals surface area contributed by atoms with Crippen LogP contribution in [0.4, 0.5) is 13.2 Å². The molecule has 0 atom stereocenters. The lowest BCUT2D eigenvalue weighted by Gasteiger charge is -2.13. The molecule has 2 heterocycles. The summed E-state index contributed by atoms with van der Waals surface area (Å²) in [6.45, 7) is 1.97. The van der Waals surface area contributed by atoms with Gasteiger partial charge in [-0.2, -0.15) is 18.3 Å². The van der Waals surface area contributed by atoms with E-state index >= 15 is 0 Å².